The maximum Gasteiger partial charge on any atom is 0.229 e. The summed E-state index contributed by atoms with van der Waals surface area (Å²) in [6.07, 6.45) is 3.28. The number of nitrogens with one attached hydrogen (secondary N) is 1. The van der Waals surface area contributed by atoms with Gasteiger partial charge in [-0.2, -0.15) is 16.3 Å². The fourth-order valence-electron chi connectivity index (χ4n) is 3.65. The van der Waals surface area contributed by atoms with E-state index >= 15 is 0 Å². The van der Waals surface area contributed by atoms with Crippen LogP contribution in [0.15, 0.2) is 45.6 Å². The van der Waals surface area contributed by atoms with Gasteiger partial charge in [0.05, 0.1) is 15.1 Å². The monoisotopic (exact) mass is 459 g/mol. The number of rotatable bonds is 6. The summed E-state index contributed by atoms with van der Waals surface area (Å²) in [7, 11) is -3.83. The highest BCUT2D eigenvalue weighted by Crippen LogP contribution is 2.32. The minimum atomic E-state index is -3.83. The summed E-state index contributed by atoms with van der Waals surface area (Å²) in [6, 6.07) is 8.83. The van der Waals surface area contributed by atoms with Gasteiger partial charge in [-0.15, -0.1) is 16.4 Å². The molecule has 0 aliphatic carbocycles. The van der Waals surface area contributed by atoms with E-state index in [1.165, 1.54) is 23.1 Å². The van der Waals surface area contributed by atoms with Gasteiger partial charge in [0.2, 0.25) is 14.9 Å². The van der Waals surface area contributed by atoms with Crippen LogP contribution in [0, 0.1) is 0 Å². The second-order valence-corrected chi connectivity index (χ2v) is 11.4. The third-order valence-corrected chi connectivity index (χ3v) is 9.31. The summed E-state index contributed by atoms with van der Waals surface area (Å²) in [4.78, 5) is 4.87. The van der Waals surface area contributed by atoms with Crippen LogP contribution in [0.2, 0.25) is 0 Å². The molecule has 4 aromatic rings. The van der Waals surface area contributed by atoms with Crippen molar-refractivity contribution in [1.29, 1.82) is 0 Å². The van der Waals surface area contributed by atoms with Crippen molar-refractivity contribution in [3.05, 3.63) is 41.3 Å². The summed E-state index contributed by atoms with van der Waals surface area (Å²) in [6.45, 7) is 2.84. The molecule has 4 heterocycles. The van der Waals surface area contributed by atoms with E-state index in [0.717, 1.165) is 28.7 Å². The summed E-state index contributed by atoms with van der Waals surface area (Å²) >= 11 is 3.53. The minimum absolute atomic E-state index is 0.113. The summed E-state index contributed by atoms with van der Waals surface area (Å²) < 4.78 is 29.0. The lowest BCUT2D eigenvalue weighted by atomic mass is 10.2. The van der Waals surface area contributed by atoms with Gasteiger partial charge in [-0.25, -0.2) is 13.4 Å². The van der Waals surface area contributed by atoms with Crippen LogP contribution in [0.4, 0.5) is 5.82 Å². The molecule has 7 nitrogen and oxygen atoms in total. The van der Waals surface area contributed by atoms with Gasteiger partial charge in [0.15, 0.2) is 5.65 Å². The van der Waals surface area contributed by atoms with E-state index in [2.05, 4.69) is 20.6 Å². The smallest absolute Gasteiger partial charge is 0.229 e. The summed E-state index contributed by atoms with van der Waals surface area (Å²) in [5.74, 6) is 1.89. The average molecular weight is 460 g/mol. The van der Waals surface area contributed by atoms with Crippen molar-refractivity contribution < 1.29 is 8.42 Å². The van der Waals surface area contributed by atoms with Gasteiger partial charge in [-0.1, -0.05) is 24.3 Å². The average Bonchev–Trinajstić information content (AvgIpc) is 3.52. The van der Waals surface area contributed by atoms with E-state index < -0.39 is 9.84 Å². The van der Waals surface area contributed by atoms with E-state index in [4.69, 9.17) is 0 Å². The van der Waals surface area contributed by atoms with E-state index in [9.17, 15) is 8.42 Å². The zero-order valence-corrected chi connectivity index (χ0v) is 18.9. The molecule has 1 atom stereocenters. The van der Waals surface area contributed by atoms with E-state index in [1.807, 2.05) is 42.3 Å². The highest BCUT2D eigenvalue weighted by molar-refractivity contribution is 8.00. The van der Waals surface area contributed by atoms with Crippen LogP contribution >= 0.6 is 23.1 Å². The molecule has 30 heavy (non-hydrogen) atoms. The molecule has 0 saturated carbocycles. The zero-order chi connectivity index (χ0) is 20.7. The number of thioether (sulfide) groups is 1. The first-order valence-electron chi connectivity index (χ1n) is 9.90. The lowest BCUT2D eigenvalue weighted by Crippen LogP contribution is -2.15. The van der Waals surface area contributed by atoms with Crippen molar-refractivity contribution >= 4 is 54.6 Å². The van der Waals surface area contributed by atoms with E-state index in [0.29, 0.717) is 11.1 Å². The molecule has 1 aromatic carbocycles. The zero-order valence-electron chi connectivity index (χ0n) is 16.4. The van der Waals surface area contributed by atoms with Crippen molar-refractivity contribution in [2.24, 2.45) is 0 Å². The minimum Gasteiger partial charge on any atom is -0.368 e. The van der Waals surface area contributed by atoms with Crippen molar-refractivity contribution in [2.75, 3.05) is 17.6 Å². The van der Waals surface area contributed by atoms with Crippen LogP contribution in [-0.4, -0.2) is 45.8 Å². The Balaban J connectivity index is 1.59. The van der Waals surface area contributed by atoms with Gasteiger partial charge in [0, 0.05) is 11.8 Å². The van der Waals surface area contributed by atoms with Gasteiger partial charge in [-0.3, -0.25) is 0 Å². The summed E-state index contributed by atoms with van der Waals surface area (Å²) in [5, 5.41) is 14.0. The molecule has 0 bridgehead atoms. The van der Waals surface area contributed by atoms with Crippen LogP contribution in [0.3, 0.4) is 0 Å². The number of aryl methyl sites for hydroxylation is 1. The molecule has 1 aliphatic heterocycles. The Morgan fingerprint density at radius 3 is 2.80 bits per heavy atom. The molecular formula is C20H21N5O2S3. The topological polar surface area (TPSA) is 89.2 Å². The molecule has 1 N–H and O–H groups in total. The molecule has 1 saturated heterocycles. The fraction of sp³-hybridized carbons (Fsp3) is 0.350. The molecule has 1 unspecified atom stereocenters. The van der Waals surface area contributed by atoms with Crippen molar-refractivity contribution in [1.82, 2.24) is 19.8 Å². The third kappa shape index (κ3) is 3.36. The Bertz CT molecular complexity index is 1310. The molecule has 0 amide bonds. The molecular weight excluding hydrogens is 438 g/mol. The molecule has 3 aromatic heterocycles. The van der Waals surface area contributed by atoms with Crippen molar-refractivity contribution in [3.63, 3.8) is 0 Å². The van der Waals surface area contributed by atoms with Crippen molar-refractivity contribution in [2.45, 2.75) is 41.4 Å². The van der Waals surface area contributed by atoms with Gasteiger partial charge < -0.3 is 5.32 Å². The standard InChI is InChI=1S/C20H21N5O2S3/c1-2-13-5-7-15(8-6-13)30(26,27)20-19-22-18(21-12-14-4-3-10-28-14)17-16(9-11-29-17)25(19)24-23-20/h5-9,11,14H,2-4,10,12H2,1H3,(H,21,22). The highest BCUT2D eigenvalue weighted by atomic mass is 32.2. The van der Waals surface area contributed by atoms with Gasteiger partial charge >= 0.3 is 0 Å². The first-order valence-corrected chi connectivity index (χ1v) is 13.3. The number of anilines is 1. The largest absolute Gasteiger partial charge is 0.368 e. The number of fused-ring (bicyclic) bond motifs is 3. The lowest BCUT2D eigenvalue weighted by molar-refractivity contribution is 0.592. The Hall–Kier alpha value is -2.17. The molecule has 156 valence electrons. The first-order chi connectivity index (χ1) is 14.6. The lowest BCUT2D eigenvalue weighted by Gasteiger charge is -2.12. The quantitative estimate of drug-likeness (QED) is 0.465. The fourth-order valence-corrected chi connectivity index (χ4v) is 6.92. The Kier molecular flexibility index (Phi) is 5.16. The number of sulfone groups is 1. The summed E-state index contributed by atoms with van der Waals surface area (Å²) in [5.41, 5.74) is 2.14. The van der Waals surface area contributed by atoms with Gasteiger partial charge in [0.1, 0.15) is 5.82 Å². The van der Waals surface area contributed by atoms with E-state index in [-0.39, 0.29) is 15.6 Å². The predicted octanol–water partition coefficient (Wildman–Crippen LogP) is 4.04. The number of thiophene rings is 1. The number of aromatic nitrogens is 4. The second kappa shape index (κ2) is 7.82. The molecule has 1 fully saturated rings. The first kappa shape index (κ1) is 19.8. The molecule has 0 radical (unpaired) electrons. The van der Waals surface area contributed by atoms with Crippen LogP contribution in [0.25, 0.3) is 15.9 Å². The normalized spacial score (nSPS) is 17.2. The molecule has 10 heteroatoms. The number of nitrogens with zero attached hydrogens (tertiary/aromatic N) is 4. The molecule has 0 spiro atoms. The van der Waals surface area contributed by atoms with Crippen LogP contribution < -0.4 is 5.32 Å². The Morgan fingerprint density at radius 2 is 2.07 bits per heavy atom. The predicted molar refractivity (Wildman–Crippen MR) is 121 cm³/mol. The van der Waals surface area contributed by atoms with Crippen LogP contribution in [-0.2, 0) is 16.3 Å². The number of hydrogen-bond donors (Lipinski definition) is 1. The maximum atomic E-state index is 13.3. The SMILES string of the molecule is CCc1ccc(S(=O)(=O)c2nnn3c2nc(NCC2CCCS2)c2sccc23)cc1. The second-order valence-electron chi connectivity index (χ2n) is 7.24. The molecule has 5 rings (SSSR count). The van der Waals surface area contributed by atoms with Crippen molar-refractivity contribution in [3.8, 4) is 0 Å². The molecule has 1 aliphatic rings. The van der Waals surface area contributed by atoms with Gasteiger partial charge in [0.25, 0.3) is 0 Å². The Labute approximate surface area is 182 Å². The van der Waals surface area contributed by atoms with E-state index in [1.54, 1.807) is 23.5 Å². The number of hydrogen-bond acceptors (Lipinski definition) is 8. The third-order valence-electron chi connectivity index (χ3n) is 5.34. The highest BCUT2D eigenvalue weighted by Gasteiger charge is 2.27. The Morgan fingerprint density at radius 1 is 1.23 bits per heavy atom. The van der Waals surface area contributed by atoms with Crippen LogP contribution in [0.5, 0.6) is 0 Å². The maximum absolute atomic E-state index is 13.3. The van der Waals surface area contributed by atoms with Gasteiger partial charge in [-0.05, 0) is 54.2 Å². The van der Waals surface area contributed by atoms with Crippen LogP contribution in [0.1, 0.15) is 25.3 Å². The number of benzene rings is 1.